The zero-order valence-corrected chi connectivity index (χ0v) is 16.3. The number of amides is 1. The molecule has 1 aromatic heterocycles. The first-order valence-electron chi connectivity index (χ1n) is 8.60. The minimum atomic E-state index is -3.81. The van der Waals surface area contributed by atoms with Crippen LogP contribution in [0.15, 0.2) is 59.8 Å². The van der Waals surface area contributed by atoms with E-state index in [0.717, 1.165) is 5.56 Å². The van der Waals surface area contributed by atoms with Crippen LogP contribution in [0.25, 0.3) is 5.69 Å². The summed E-state index contributed by atoms with van der Waals surface area (Å²) in [6, 6.07) is 13.3. The van der Waals surface area contributed by atoms with Gasteiger partial charge in [-0.15, -0.1) is 5.10 Å². The van der Waals surface area contributed by atoms with Crippen molar-refractivity contribution in [3.63, 3.8) is 0 Å². The monoisotopic (exact) mass is 400 g/mol. The summed E-state index contributed by atoms with van der Waals surface area (Å²) in [5, 5.41) is 10.9. The van der Waals surface area contributed by atoms with Crippen molar-refractivity contribution in [2.45, 2.75) is 25.3 Å². The van der Waals surface area contributed by atoms with Crippen LogP contribution in [-0.4, -0.2) is 46.0 Å². The number of tetrazole rings is 1. The maximum absolute atomic E-state index is 12.8. The number of sulfonamides is 1. The molecule has 0 aliphatic carbocycles. The first kappa shape index (κ1) is 19.5. The van der Waals surface area contributed by atoms with Crippen LogP contribution in [0.2, 0.25) is 0 Å². The fourth-order valence-electron chi connectivity index (χ4n) is 2.69. The molecule has 0 aliphatic rings. The molecule has 146 valence electrons. The summed E-state index contributed by atoms with van der Waals surface area (Å²) in [5.74, 6) is -0.0344. The molecule has 0 radical (unpaired) electrons. The molecule has 0 spiro atoms. The van der Waals surface area contributed by atoms with E-state index in [1.807, 2.05) is 13.0 Å². The lowest BCUT2D eigenvalue weighted by Gasteiger charge is -2.19. The van der Waals surface area contributed by atoms with Crippen LogP contribution in [0, 0.1) is 0 Å². The van der Waals surface area contributed by atoms with Crippen molar-refractivity contribution in [2.24, 2.45) is 0 Å². The summed E-state index contributed by atoms with van der Waals surface area (Å²) < 4.78 is 29.5. The molecular weight excluding hydrogens is 380 g/mol. The second-order valence-electron chi connectivity index (χ2n) is 6.09. The average Bonchev–Trinajstić information content (AvgIpc) is 3.21. The third-order valence-electron chi connectivity index (χ3n) is 4.12. The predicted molar refractivity (Wildman–Crippen MR) is 103 cm³/mol. The van der Waals surface area contributed by atoms with Gasteiger partial charge in [0, 0.05) is 25.7 Å². The van der Waals surface area contributed by atoms with E-state index < -0.39 is 10.0 Å². The number of carbonyl (C=O) groups is 1. The van der Waals surface area contributed by atoms with Crippen LogP contribution >= 0.6 is 0 Å². The first-order chi connectivity index (χ1) is 13.4. The lowest BCUT2D eigenvalue weighted by Crippen LogP contribution is -2.27. The van der Waals surface area contributed by atoms with E-state index >= 15 is 0 Å². The summed E-state index contributed by atoms with van der Waals surface area (Å²) in [7, 11) is -3.81. The largest absolute Gasteiger partial charge is 0.339 e. The van der Waals surface area contributed by atoms with Crippen LogP contribution in [-0.2, 0) is 21.4 Å². The van der Waals surface area contributed by atoms with E-state index in [1.165, 1.54) is 30.1 Å². The Labute approximate surface area is 163 Å². The van der Waals surface area contributed by atoms with Gasteiger partial charge in [0.2, 0.25) is 5.91 Å². The third-order valence-corrected chi connectivity index (χ3v) is 5.50. The number of rotatable bonds is 7. The van der Waals surface area contributed by atoms with Crippen LogP contribution < -0.4 is 4.72 Å². The summed E-state index contributed by atoms with van der Waals surface area (Å²) in [4.78, 5) is 13.4. The first-order valence-corrected chi connectivity index (χ1v) is 10.1. The molecule has 0 unspecified atom stereocenters. The molecule has 1 amide bonds. The lowest BCUT2D eigenvalue weighted by atomic mass is 10.2. The molecule has 28 heavy (non-hydrogen) atoms. The van der Waals surface area contributed by atoms with Crippen molar-refractivity contribution in [3.05, 3.63) is 60.4 Å². The van der Waals surface area contributed by atoms with Crippen LogP contribution in [0.1, 0.15) is 19.4 Å². The molecule has 1 N–H and O–H groups in total. The Morgan fingerprint density at radius 2 is 1.96 bits per heavy atom. The number of hydrogen-bond acceptors (Lipinski definition) is 6. The van der Waals surface area contributed by atoms with Crippen molar-refractivity contribution in [1.29, 1.82) is 0 Å². The highest BCUT2D eigenvalue weighted by Gasteiger charge is 2.16. The third kappa shape index (κ3) is 4.52. The molecule has 1 heterocycles. The van der Waals surface area contributed by atoms with Crippen LogP contribution in [0.4, 0.5) is 5.69 Å². The SMILES string of the molecule is CCN(Cc1cccc(NS(=O)(=O)c2cccc(-n3cnnn3)c2)c1)C(C)=O. The fraction of sp³-hybridized carbons (Fsp3) is 0.222. The molecule has 9 nitrogen and oxygen atoms in total. The van der Waals surface area contributed by atoms with Gasteiger partial charge in [-0.2, -0.15) is 0 Å². The number of carbonyl (C=O) groups excluding carboxylic acids is 1. The van der Waals surface area contributed by atoms with E-state index in [2.05, 4.69) is 20.2 Å². The Morgan fingerprint density at radius 1 is 1.18 bits per heavy atom. The molecule has 0 fully saturated rings. The second kappa shape index (κ2) is 8.17. The highest BCUT2D eigenvalue weighted by atomic mass is 32.2. The Balaban J connectivity index is 1.82. The Hall–Kier alpha value is -3.27. The molecule has 0 aliphatic heterocycles. The number of aromatic nitrogens is 4. The molecular formula is C18H20N6O3S. The van der Waals surface area contributed by atoms with E-state index in [1.54, 1.807) is 35.2 Å². The minimum Gasteiger partial charge on any atom is -0.339 e. The van der Waals surface area contributed by atoms with Crippen molar-refractivity contribution in [1.82, 2.24) is 25.1 Å². The van der Waals surface area contributed by atoms with E-state index in [0.29, 0.717) is 24.5 Å². The van der Waals surface area contributed by atoms with Gasteiger partial charge >= 0.3 is 0 Å². The molecule has 0 atom stereocenters. The number of benzene rings is 2. The summed E-state index contributed by atoms with van der Waals surface area (Å²) in [5.41, 5.74) is 1.78. The molecule has 0 saturated carbocycles. The maximum atomic E-state index is 12.8. The Morgan fingerprint density at radius 3 is 2.64 bits per heavy atom. The number of nitrogens with zero attached hydrogens (tertiary/aromatic N) is 5. The van der Waals surface area contributed by atoms with E-state index in [9.17, 15) is 13.2 Å². The van der Waals surface area contributed by atoms with E-state index in [4.69, 9.17) is 0 Å². The quantitative estimate of drug-likeness (QED) is 0.648. The average molecular weight is 400 g/mol. The number of hydrogen-bond donors (Lipinski definition) is 1. The predicted octanol–water partition coefficient (Wildman–Crippen LogP) is 1.83. The summed E-state index contributed by atoms with van der Waals surface area (Å²) >= 11 is 0. The second-order valence-corrected chi connectivity index (χ2v) is 7.77. The maximum Gasteiger partial charge on any atom is 0.261 e. The van der Waals surface area contributed by atoms with Crippen molar-refractivity contribution >= 4 is 21.6 Å². The summed E-state index contributed by atoms with van der Waals surface area (Å²) in [6.45, 7) is 4.39. The van der Waals surface area contributed by atoms with E-state index in [-0.39, 0.29) is 10.8 Å². The zero-order valence-electron chi connectivity index (χ0n) is 15.5. The number of nitrogens with one attached hydrogen (secondary N) is 1. The summed E-state index contributed by atoms with van der Waals surface area (Å²) in [6.07, 6.45) is 1.39. The highest BCUT2D eigenvalue weighted by Crippen LogP contribution is 2.20. The van der Waals surface area contributed by atoms with Gasteiger partial charge in [-0.05, 0) is 53.2 Å². The minimum absolute atomic E-state index is 0.0344. The molecule has 0 saturated heterocycles. The Kier molecular flexibility index (Phi) is 5.69. The topological polar surface area (TPSA) is 110 Å². The Bertz CT molecular complexity index is 1070. The van der Waals surface area contributed by atoms with Crippen LogP contribution in [0.5, 0.6) is 0 Å². The van der Waals surface area contributed by atoms with Crippen molar-refractivity contribution in [2.75, 3.05) is 11.3 Å². The van der Waals surface area contributed by atoms with Gasteiger partial charge < -0.3 is 4.90 Å². The molecule has 3 rings (SSSR count). The fourth-order valence-corrected chi connectivity index (χ4v) is 3.77. The normalized spacial score (nSPS) is 11.2. The van der Waals surface area contributed by atoms with Gasteiger partial charge in [0.05, 0.1) is 10.6 Å². The highest BCUT2D eigenvalue weighted by molar-refractivity contribution is 7.92. The van der Waals surface area contributed by atoms with Crippen LogP contribution in [0.3, 0.4) is 0 Å². The smallest absolute Gasteiger partial charge is 0.261 e. The molecule has 2 aromatic carbocycles. The van der Waals surface area contributed by atoms with Crippen molar-refractivity contribution in [3.8, 4) is 5.69 Å². The van der Waals surface area contributed by atoms with Gasteiger partial charge in [0.1, 0.15) is 6.33 Å². The van der Waals surface area contributed by atoms with Gasteiger partial charge in [-0.3, -0.25) is 9.52 Å². The standard InChI is InChI=1S/C18H20N6O3S/c1-3-23(14(2)25)12-15-6-4-7-16(10-15)20-28(26,27)18-9-5-8-17(11-18)24-13-19-21-22-24/h4-11,13,20H,3,12H2,1-2H3. The van der Waals surface area contributed by atoms with Gasteiger partial charge in [-0.1, -0.05) is 18.2 Å². The van der Waals surface area contributed by atoms with Gasteiger partial charge in [0.15, 0.2) is 0 Å². The van der Waals surface area contributed by atoms with Gasteiger partial charge in [0.25, 0.3) is 10.0 Å². The molecule has 3 aromatic rings. The molecule has 10 heteroatoms. The van der Waals surface area contributed by atoms with Gasteiger partial charge in [-0.25, -0.2) is 13.1 Å². The van der Waals surface area contributed by atoms with Crippen molar-refractivity contribution < 1.29 is 13.2 Å². The zero-order chi connectivity index (χ0) is 20.1. The number of anilines is 1. The molecule has 0 bridgehead atoms. The lowest BCUT2D eigenvalue weighted by molar-refractivity contribution is -0.129.